The van der Waals surface area contributed by atoms with E-state index in [0.717, 1.165) is 17.7 Å². The largest absolute Gasteiger partial charge is 0.486 e. The maximum Gasteiger partial charge on any atom is 0.138 e. The topological polar surface area (TPSA) is 66.0 Å². The van der Waals surface area contributed by atoms with Crippen molar-refractivity contribution in [2.45, 2.75) is 26.0 Å². The first-order chi connectivity index (χ1) is 9.04. The van der Waals surface area contributed by atoms with Gasteiger partial charge < -0.3 is 10.5 Å². The van der Waals surface area contributed by atoms with E-state index >= 15 is 0 Å². The van der Waals surface area contributed by atoms with Crippen LogP contribution in [0.2, 0.25) is 5.02 Å². The second-order valence-electron chi connectivity index (χ2n) is 4.62. The first kappa shape index (κ1) is 13.8. The van der Waals surface area contributed by atoms with Crippen LogP contribution in [0.15, 0.2) is 24.4 Å². The van der Waals surface area contributed by atoms with Gasteiger partial charge in [0.1, 0.15) is 18.1 Å². The average Bonchev–Trinajstić information content (AvgIpc) is 2.73. The first-order valence-electron chi connectivity index (χ1n) is 6.06. The van der Waals surface area contributed by atoms with E-state index in [1.807, 2.05) is 32.2 Å². The highest BCUT2D eigenvalue weighted by molar-refractivity contribution is 6.32. The zero-order valence-electron chi connectivity index (χ0n) is 11.0. The van der Waals surface area contributed by atoms with Crippen LogP contribution in [-0.4, -0.2) is 21.0 Å². The highest BCUT2D eigenvalue weighted by atomic mass is 35.5. The molecule has 0 amide bonds. The third-order valence-corrected chi connectivity index (χ3v) is 2.87. The van der Waals surface area contributed by atoms with Crippen molar-refractivity contribution in [2.75, 3.05) is 0 Å². The molecule has 1 atom stereocenters. The molecule has 6 heteroatoms. The maximum absolute atomic E-state index is 6.18. The van der Waals surface area contributed by atoms with Crippen LogP contribution in [0.25, 0.3) is 0 Å². The third-order valence-electron chi connectivity index (χ3n) is 2.58. The Hall–Kier alpha value is -1.59. The van der Waals surface area contributed by atoms with E-state index < -0.39 is 0 Å². The second-order valence-corrected chi connectivity index (χ2v) is 5.03. The SMILES string of the molecule is CC(N)Cc1ccc(OCc2cn(C)nn2)c(Cl)c1. The van der Waals surface area contributed by atoms with Crippen LogP contribution < -0.4 is 10.5 Å². The maximum atomic E-state index is 6.18. The molecule has 0 saturated carbocycles. The monoisotopic (exact) mass is 280 g/mol. The van der Waals surface area contributed by atoms with Gasteiger partial charge >= 0.3 is 0 Å². The number of nitrogens with zero attached hydrogens (tertiary/aromatic N) is 3. The molecule has 1 unspecified atom stereocenters. The van der Waals surface area contributed by atoms with E-state index in [0.29, 0.717) is 17.4 Å². The van der Waals surface area contributed by atoms with Crippen molar-refractivity contribution >= 4 is 11.6 Å². The van der Waals surface area contributed by atoms with E-state index in [9.17, 15) is 0 Å². The number of ether oxygens (including phenoxy) is 1. The number of hydrogen-bond donors (Lipinski definition) is 1. The predicted molar refractivity (Wildman–Crippen MR) is 74.1 cm³/mol. The smallest absolute Gasteiger partial charge is 0.138 e. The first-order valence-corrected chi connectivity index (χ1v) is 6.44. The minimum atomic E-state index is 0.113. The van der Waals surface area contributed by atoms with Gasteiger partial charge in [-0.05, 0) is 31.0 Å². The van der Waals surface area contributed by atoms with Crippen LogP contribution in [0.5, 0.6) is 5.75 Å². The number of aryl methyl sites for hydroxylation is 1. The van der Waals surface area contributed by atoms with E-state index in [1.54, 1.807) is 10.9 Å². The van der Waals surface area contributed by atoms with Gasteiger partial charge in [-0.3, -0.25) is 4.68 Å². The molecule has 2 rings (SSSR count). The van der Waals surface area contributed by atoms with Gasteiger partial charge in [0.15, 0.2) is 0 Å². The molecule has 5 nitrogen and oxygen atoms in total. The highest BCUT2D eigenvalue weighted by Gasteiger charge is 2.06. The summed E-state index contributed by atoms with van der Waals surface area (Å²) in [5, 5.41) is 8.37. The molecule has 102 valence electrons. The van der Waals surface area contributed by atoms with Crippen molar-refractivity contribution in [3.05, 3.63) is 40.7 Å². The van der Waals surface area contributed by atoms with Gasteiger partial charge in [0.05, 0.1) is 11.2 Å². The van der Waals surface area contributed by atoms with Crippen LogP contribution >= 0.6 is 11.6 Å². The van der Waals surface area contributed by atoms with Crippen LogP contribution in [-0.2, 0) is 20.1 Å². The Labute approximate surface area is 117 Å². The summed E-state index contributed by atoms with van der Waals surface area (Å²) in [5.41, 5.74) is 7.62. The Morgan fingerprint density at radius 1 is 1.47 bits per heavy atom. The molecule has 2 aromatic rings. The normalized spacial score (nSPS) is 12.4. The van der Waals surface area contributed by atoms with E-state index in [2.05, 4.69) is 10.3 Å². The molecule has 0 radical (unpaired) electrons. The van der Waals surface area contributed by atoms with Crippen LogP contribution in [0, 0.1) is 0 Å². The van der Waals surface area contributed by atoms with Crippen molar-refractivity contribution in [1.29, 1.82) is 0 Å². The minimum Gasteiger partial charge on any atom is -0.486 e. The number of hydrogen-bond acceptors (Lipinski definition) is 4. The molecular weight excluding hydrogens is 264 g/mol. The molecule has 2 N–H and O–H groups in total. The van der Waals surface area contributed by atoms with E-state index in [1.165, 1.54) is 0 Å². The Balaban J connectivity index is 2.00. The summed E-state index contributed by atoms with van der Waals surface area (Å²) in [6.07, 6.45) is 2.60. The highest BCUT2D eigenvalue weighted by Crippen LogP contribution is 2.26. The van der Waals surface area contributed by atoms with Crippen LogP contribution in [0.3, 0.4) is 0 Å². The molecule has 0 fully saturated rings. The molecule has 0 spiro atoms. The molecular formula is C13H17ClN4O. The Morgan fingerprint density at radius 3 is 2.84 bits per heavy atom. The summed E-state index contributed by atoms with van der Waals surface area (Å²) in [4.78, 5) is 0. The van der Waals surface area contributed by atoms with Crippen molar-refractivity contribution in [3.63, 3.8) is 0 Å². The van der Waals surface area contributed by atoms with Gasteiger partial charge in [0, 0.05) is 13.1 Å². The molecule has 0 aliphatic heterocycles. The quantitative estimate of drug-likeness (QED) is 0.909. The predicted octanol–water partition coefficient (Wildman–Crippen LogP) is 1.94. The van der Waals surface area contributed by atoms with Crippen LogP contribution in [0.4, 0.5) is 0 Å². The molecule has 0 aliphatic rings. The zero-order chi connectivity index (χ0) is 13.8. The summed E-state index contributed by atoms with van der Waals surface area (Å²) >= 11 is 6.18. The van der Waals surface area contributed by atoms with E-state index in [4.69, 9.17) is 22.1 Å². The van der Waals surface area contributed by atoms with Crippen molar-refractivity contribution in [1.82, 2.24) is 15.0 Å². The molecule has 0 aliphatic carbocycles. The standard InChI is InChI=1S/C13H17ClN4O/c1-9(15)5-10-3-4-13(12(14)6-10)19-8-11-7-18(2)17-16-11/h3-4,6-7,9H,5,8,15H2,1-2H3. The van der Waals surface area contributed by atoms with Gasteiger partial charge in [-0.25, -0.2) is 0 Å². The summed E-state index contributed by atoms with van der Waals surface area (Å²) in [6.45, 7) is 2.31. The number of aromatic nitrogens is 3. The molecule has 1 aromatic carbocycles. The molecule has 1 heterocycles. The van der Waals surface area contributed by atoms with Gasteiger partial charge in [0.2, 0.25) is 0 Å². The second kappa shape index (κ2) is 6.04. The van der Waals surface area contributed by atoms with Crippen molar-refractivity contribution in [3.8, 4) is 5.75 Å². The van der Waals surface area contributed by atoms with Gasteiger partial charge in [-0.15, -0.1) is 5.10 Å². The fourth-order valence-corrected chi connectivity index (χ4v) is 2.03. The summed E-state index contributed by atoms with van der Waals surface area (Å²) in [5.74, 6) is 0.640. The number of halogens is 1. The number of benzene rings is 1. The lowest BCUT2D eigenvalue weighted by Crippen LogP contribution is -2.17. The van der Waals surface area contributed by atoms with Gasteiger partial charge in [-0.2, -0.15) is 0 Å². The fourth-order valence-electron chi connectivity index (χ4n) is 1.77. The average molecular weight is 281 g/mol. The van der Waals surface area contributed by atoms with Crippen LogP contribution in [0.1, 0.15) is 18.2 Å². The Bertz CT molecular complexity index is 553. The third kappa shape index (κ3) is 3.94. The van der Waals surface area contributed by atoms with Gasteiger partial charge in [-0.1, -0.05) is 22.9 Å². The lowest BCUT2D eigenvalue weighted by atomic mass is 10.1. The van der Waals surface area contributed by atoms with Crippen molar-refractivity contribution < 1.29 is 4.74 Å². The van der Waals surface area contributed by atoms with Crippen molar-refractivity contribution in [2.24, 2.45) is 12.8 Å². The van der Waals surface area contributed by atoms with Gasteiger partial charge in [0.25, 0.3) is 0 Å². The lowest BCUT2D eigenvalue weighted by Gasteiger charge is -2.09. The molecule has 0 saturated heterocycles. The summed E-state index contributed by atoms with van der Waals surface area (Å²) in [6, 6.07) is 5.83. The fraction of sp³-hybridized carbons (Fsp3) is 0.385. The molecule has 1 aromatic heterocycles. The number of rotatable bonds is 5. The zero-order valence-corrected chi connectivity index (χ0v) is 11.8. The number of nitrogens with two attached hydrogens (primary N) is 1. The molecule has 19 heavy (non-hydrogen) atoms. The molecule has 0 bridgehead atoms. The summed E-state index contributed by atoms with van der Waals surface area (Å²) in [7, 11) is 1.81. The minimum absolute atomic E-state index is 0.113. The summed E-state index contributed by atoms with van der Waals surface area (Å²) < 4.78 is 7.25. The Kier molecular flexibility index (Phi) is 4.39. The Morgan fingerprint density at radius 2 is 2.26 bits per heavy atom. The van der Waals surface area contributed by atoms with E-state index in [-0.39, 0.29) is 6.04 Å². The lowest BCUT2D eigenvalue weighted by molar-refractivity contribution is 0.301.